The Morgan fingerprint density at radius 3 is 2.93 bits per heavy atom. The maximum Gasteiger partial charge on any atom is 0.305 e. The van der Waals surface area contributed by atoms with Gasteiger partial charge in [0.1, 0.15) is 4.83 Å². The van der Waals surface area contributed by atoms with E-state index in [2.05, 4.69) is 32.9 Å². The van der Waals surface area contributed by atoms with Crippen molar-refractivity contribution in [3.05, 3.63) is 45.1 Å². The third-order valence-corrected chi connectivity index (χ3v) is 6.91. The van der Waals surface area contributed by atoms with Gasteiger partial charge in [0, 0.05) is 23.1 Å². The lowest BCUT2D eigenvalue weighted by atomic mass is 9.89. The van der Waals surface area contributed by atoms with E-state index in [1.165, 1.54) is 54.2 Å². The van der Waals surface area contributed by atoms with Crippen LogP contribution in [-0.2, 0) is 22.4 Å². The Balaban J connectivity index is 1.57. The minimum Gasteiger partial charge on any atom is -0.469 e. The van der Waals surface area contributed by atoms with Crippen molar-refractivity contribution in [2.75, 3.05) is 12.9 Å². The fourth-order valence-electron chi connectivity index (χ4n) is 3.60. The van der Waals surface area contributed by atoms with Crippen LogP contribution >= 0.6 is 23.1 Å². The van der Waals surface area contributed by atoms with E-state index >= 15 is 0 Å². The van der Waals surface area contributed by atoms with Gasteiger partial charge in [-0.25, -0.2) is 4.98 Å². The first kappa shape index (κ1) is 19.2. The fourth-order valence-corrected chi connectivity index (χ4v) is 5.41. The molecule has 0 saturated heterocycles. The van der Waals surface area contributed by atoms with Crippen LogP contribution in [0.3, 0.4) is 0 Å². The topological polar surface area (TPSA) is 72.0 Å². The van der Waals surface area contributed by atoms with Crippen LogP contribution in [0.1, 0.15) is 36.8 Å². The van der Waals surface area contributed by atoms with E-state index in [1.54, 1.807) is 0 Å². The van der Waals surface area contributed by atoms with Crippen LogP contribution in [0.4, 0.5) is 0 Å². The number of benzene rings is 1. The molecule has 146 valence electrons. The lowest BCUT2D eigenvalue weighted by molar-refractivity contribution is -0.140. The number of aromatic nitrogens is 2. The Morgan fingerprint density at radius 1 is 1.29 bits per heavy atom. The number of aryl methyl sites for hydroxylation is 2. The third kappa shape index (κ3) is 4.00. The van der Waals surface area contributed by atoms with Crippen molar-refractivity contribution < 1.29 is 9.53 Å². The standard InChI is InChI=1S/C21H22N2O3S2/c1-26-17(24)7-4-10-27-21-22-19(25)18-16(12-28-20(18)23-21)15-9-8-13-5-2-3-6-14(13)11-15/h8-9,11-12H,2-7,10H2,1H3,(H,22,23,25). The Bertz CT molecular complexity index is 1070. The second-order valence-corrected chi connectivity index (χ2v) is 8.86. The second kappa shape index (κ2) is 8.49. The van der Waals surface area contributed by atoms with Crippen LogP contribution in [0.5, 0.6) is 0 Å². The van der Waals surface area contributed by atoms with Crippen molar-refractivity contribution in [2.45, 2.75) is 43.7 Å². The van der Waals surface area contributed by atoms with E-state index in [1.807, 2.05) is 5.38 Å². The van der Waals surface area contributed by atoms with E-state index < -0.39 is 0 Å². The number of carbonyl (C=O) groups excluding carboxylic acids is 1. The van der Waals surface area contributed by atoms with Crippen LogP contribution in [0.25, 0.3) is 21.3 Å². The Labute approximate surface area is 171 Å². The number of H-pyrrole nitrogens is 1. The zero-order valence-electron chi connectivity index (χ0n) is 15.7. The number of carbonyl (C=O) groups is 1. The zero-order valence-corrected chi connectivity index (χ0v) is 17.4. The number of rotatable bonds is 6. The molecule has 0 radical (unpaired) electrons. The first-order valence-corrected chi connectivity index (χ1v) is 11.4. The summed E-state index contributed by atoms with van der Waals surface area (Å²) in [7, 11) is 1.39. The molecule has 0 atom stereocenters. The smallest absolute Gasteiger partial charge is 0.305 e. The van der Waals surface area contributed by atoms with Crippen LogP contribution in [0.15, 0.2) is 33.5 Å². The highest BCUT2D eigenvalue weighted by Gasteiger charge is 2.16. The number of methoxy groups -OCH3 is 1. The summed E-state index contributed by atoms with van der Waals surface area (Å²) in [5, 5.41) is 3.30. The van der Waals surface area contributed by atoms with Crippen molar-refractivity contribution >= 4 is 39.3 Å². The molecular formula is C21H22N2O3S2. The van der Waals surface area contributed by atoms with Gasteiger partial charge in [-0.3, -0.25) is 9.59 Å². The number of nitrogens with zero attached hydrogens (tertiary/aromatic N) is 1. The predicted molar refractivity (Wildman–Crippen MR) is 114 cm³/mol. The molecule has 0 unspecified atom stereocenters. The van der Waals surface area contributed by atoms with Gasteiger partial charge in [-0.15, -0.1) is 11.3 Å². The monoisotopic (exact) mass is 414 g/mol. The molecule has 28 heavy (non-hydrogen) atoms. The van der Waals surface area contributed by atoms with Crippen molar-refractivity contribution in [3.63, 3.8) is 0 Å². The maximum absolute atomic E-state index is 12.8. The van der Waals surface area contributed by atoms with Gasteiger partial charge in [0.15, 0.2) is 5.16 Å². The van der Waals surface area contributed by atoms with Crippen molar-refractivity contribution in [3.8, 4) is 11.1 Å². The molecular weight excluding hydrogens is 392 g/mol. The quantitative estimate of drug-likeness (QED) is 0.277. The number of thioether (sulfide) groups is 1. The Kier molecular flexibility index (Phi) is 5.82. The van der Waals surface area contributed by atoms with Crippen molar-refractivity contribution in [1.82, 2.24) is 9.97 Å². The molecule has 2 aromatic heterocycles. The van der Waals surface area contributed by atoms with E-state index in [-0.39, 0.29) is 11.5 Å². The summed E-state index contributed by atoms with van der Waals surface area (Å²) in [5.74, 6) is 0.484. The van der Waals surface area contributed by atoms with Crippen LogP contribution in [0.2, 0.25) is 0 Å². The SMILES string of the molecule is COC(=O)CCCSc1nc2scc(-c3ccc4c(c3)CCCC4)c2c(=O)[nH]1. The number of esters is 1. The molecule has 0 bridgehead atoms. The molecule has 0 spiro atoms. The second-order valence-electron chi connectivity index (χ2n) is 6.92. The number of ether oxygens (including phenoxy) is 1. The molecule has 1 N–H and O–H groups in total. The highest BCUT2D eigenvalue weighted by atomic mass is 32.2. The summed E-state index contributed by atoms with van der Waals surface area (Å²) < 4.78 is 4.64. The summed E-state index contributed by atoms with van der Waals surface area (Å²) in [6, 6.07) is 6.58. The van der Waals surface area contributed by atoms with Gasteiger partial charge in [0.2, 0.25) is 0 Å². The lowest BCUT2D eigenvalue weighted by Crippen LogP contribution is -2.09. The van der Waals surface area contributed by atoms with Gasteiger partial charge in [-0.1, -0.05) is 30.0 Å². The normalized spacial score (nSPS) is 13.5. The van der Waals surface area contributed by atoms with Crippen LogP contribution < -0.4 is 5.56 Å². The third-order valence-electron chi connectivity index (χ3n) is 5.07. The van der Waals surface area contributed by atoms with Gasteiger partial charge in [-0.05, 0) is 48.8 Å². The highest BCUT2D eigenvalue weighted by molar-refractivity contribution is 7.99. The average Bonchev–Trinajstić information content (AvgIpc) is 3.15. The molecule has 0 fully saturated rings. The number of hydrogen-bond acceptors (Lipinski definition) is 6. The minimum atomic E-state index is -0.217. The molecule has 7 heteroatoms. The molecule has 0 aliphatic heterocycles. The number of aromatic amines is 1. The summed E-state index contributed by atoms with van der Waals surface area (Å²) in [4.78, 5) is 32.2. The zero-order chi connectivity index (χ0) is 19.5. The largest absolute Gasteiger partial charge is 0.469 e. The molecule has 5 nitrogen and oxygen atoms in total. The van der Waals surface area contributed by atoms with Gasteiger partial charge < -0.3 is 9.72 Å². The summed E-state index contributed by atoms with van der Waals surface area (Å²) in [5.41, 5.74) is 4.80. The predicted octanol–water partition coefficient (Wildman–Crippen LogP) is 4.58. The number of hydrogen-bond donors (Lipinski definition) is 1. The maximum atomic E-state index is 12.8. The molecule has 1 aliphatic rings. The Morgan fingerprint density at radius 2 is 2.11 bits per heavy atom. The number of fused-ring (bicyclic) bond motifs is 2. The summed E-state index contributed by atoms with van der Waals surface area (Å²) in [6.07, 6.45) is 5.82. The first-order valence-electron chi connectivity index (χ1n) is 9.49. The average molecular weight is 415 g/mol. The van der Waals surface area contributed by atoms with E-state index in [4.69, 9.17) is 0 Å². The molecule has 4 rings (SSSR count). The number of thiophene rings is 1. The van der Waals surface area contributed by atoms with Gasteiger partial charge in [0.25, 0.3) is 5.56 Å². The Hall–Kier alpha value is -2.12. The van der Waals surface area contributed by atoms with E-state index in [9.17, 15) is 9.59 Å². The van der Waals surface area contributed by atoms with E-state index in [0.717, 1.165) is 28.8 Å². The lowest BCUT2D eigenvalue weighted by Gasteiger charge is -2.16. The molecule has 2 heterocycles. The fraction of sp³-hybridized carbons (Fsp3) is 0.381. The highest BCUT2D eigenvalue weighted by Crippen LogP contribution is 2.34. The van der Waals surface area contributed by atoms with Gasteiger partial charge in [-0.2, -0.15) is 0 Å². The van der Waals surface area contributed by atoms with Gasteiger partial charge >= 0.3 is 5.97 Å². The first-order chi connectivity index (χ1) is 13.7. The van der Waals surface area contributed by atoms with Crippen LogP contribution in [0, 0.1) is 0 Å². The summed E-state index contributed by atoms with van der Waals surface area (Å²) in [6.45, 7) is 0. The minimum absolute atomic E-state index is 0.102. The van der Waals surface area contributed by atoms with Crippen molar-refractivity contribution in [2.24, 2.45) is 0 Å². The molecule has 0 amide bonds. The number of nitrogens with one attached hydrogen (secondary N) is 1. The molecule has 3 aromatic rings. The molecule has 0 saturated carbocycles. The van der Waals surface area contributed by atoms with Crippen molar-refractivity contribution in [1.29, 1.82) is 0 Å². The van der Waals surface area contributed by atoms with Crippen LogP contribution in [-0.4, -0.2) is 28.8 Å². The summed E-state index contributed by atoms with van der Waals surface area (Å²) >= 11 is 2.96. The van der Waals surface area contributed by atoms with E-state index in [0.29, 0.717) is 29.1 Å². The van der Waals surface area contributed by atoms with Gasteiger partial charge in [0.05, 0.1) is 12.5 Å². The molecule has 1 aliphatic carbocycles. The molecule has 1 aromatic carbocycles.